The van der Waals surface area contributed by atoms with Gasteiger partial charge >= 0.3 is 0 Å². The Balaban J connectivity index is 3.48. The lowest BCUT2D eigenvalue weighted by Gasteiger charge is -2.22. The van der Waals surface area contributed by atoms with Crippen molar-refractivity contribution in [1.29, 1.82) is 0 Å². The van der Waals surface area contributed by atoms with Crippen molar-refractivity contribution in [2.45, 2.75) is 39.7 Å². The molecule has 0 rings (SSSR count). The van der Waals surface area contributed by atoms with Crippen LogP contribution in [0.25, 0.3) is 0 Å². The maximum absolute atomic E-state index is 5.29. The molecule has 1 N–H and O–H groups in total. The molecule has 92 valence electrons. The molecule has 0 bridgehead atoms. The third kappa shape index (κ3) is 8.85. The molecule has 0 aromatic carbocycles. The number of rotatable bonds is 10. The highest BCUT2D eigenvalue weighted by Gasteiger charge is 2.11. The molecule has 0 aromatic rings. The Morgan fingerprint density at radius 2 is 1.93 bits per heavy atom. The molecule has 0 aromatic heterocycles. The fourth-order valence-electron chi connectivity index (χ4n) is 1.52. The summed E-state index contributed by atoms with van der Waals surface area (Å²) in [7, 11) is 1.76. The molecule has 0 heterocycles. The van der Waals surface area contributed by atoms with Gasteiger partial charge < -0.3 is 14.8 Å². The van der Waals surface area contributed by atoms with Crippen LogP contribution in [0.1, 0.15) is 33.6 Å². The maximum atomic E-state index is 5.29. The SMILES string of the molecule is CCOCCCNC(CCOC)C(C)C. The molecule has 0 radical (unpaired) electrons. The van der Waals surface area contributed by atoms with Crippen molar-refractivity contribution in [2.24, 2.45) is 5.92 Å². The third-order valence-corrected chi connectivity index (χ3v) is 2.51. The molecule has 0 amide bonds. The van der Waals surface area contributed by atoms with Gasteiger partial charge in [0.25, 0.3) is 0 Å². The second-order valence-corrected chi connectivity index (χ2v) is 4.14. The van der Waals surface area contributed by atoms with Crippen LogP contribution in [0.15, 0.2) is 0 Å². The summed E-state index contributed by atoms with van der Waals surface area (Å²) >= 11 is 0. The standard InChI is InChI=1S/C12H27NO2/c1-5-15-9-6-8-13-12(11(2)3)7-10-14-4/h11-13H,5-10H2,1-4H3. The van der Waals surface area contributed by atoms with Gasteiger partial charge in [0.15, 0.2) is 0 Å². The van der Waals surface area contributed by atoms with Gasteiger partial charge in [-0.2, -0.15) is 0 Å². The van der Waals surface area contributed by atoms with E-state index in [2.05, 4.69) is 19.2 Å². The quantitative estimate of drug-likeness (QED) is 0.568. The molecule has 0 aliphatic heterocycles. The highest BCUT2D eigenvalue weighted by molar-refractivity contribution is 4.70. The van der Waals surface area contributed by atoms with Crippen molar-refractivity contribution >= 4 is 0 Å². The summed E-state index contributed by atoms with van der Waals surface area (Å²) in [5.74, 6) is 0.659. The fourth-order valence-corrected chi connectivity index (χ4v) is 1.52. The smallest absolute Gasteiger partial charge is 0.0477 e. The first-order valence-electron chi connectivity index (χ1n) is 6.02. The molecule has 0 fully saturated rings. The monoisotopic (exact) mass is 217 g/mol. The van der Waals surface area contributed by atoms with E-state index in [1.165, 1.54) is 0 Å². The van der Waals surface area contributed by atoms with Crippen molar-refractivity contribution < 1.29 is 9.47 Å². The van der Waals surface area contributed by atoms with Crippen molar-refractivity contribution in [3.63, 3.8) is 0 Å². The molecule has 0 saturated carbocycles. The van der Waals surface area contributed by atoms with E-state index in [1.807, 2.05) is 6.92 Å². The summed E-state index contributed by atoms with van der Waals surface area (Å²) in [4.78, 5) is 0. The van der Waals surface area contributed by atoms with E-state index in [0.29, 0.717) is 12.0 Å². The highest BCUT2D eigenvalue weighted by atomic mass is 16.5. The van der Waals surface area contributed by atoms with Crippen molar-refractivity contribution in [1.82, 2.24) is 5.32 Å². The Morgan fingerprint density at radius 3 is 2.47 bits per heavy atom. The van der Waals surface area contributed by atoms with Crippen LogP contribution in [-0.2, 0) is 9.47 Å². The summed E-state index contributed by atoms with van der Waals surface area (Å²) in [6.45, 7) is 10.1. The van der Waals surface area contributed by atoms with Gasteiger partial charge in [-0.15, -0.1) is 0 Å². The van der Waals surface area contributed by atoms with Crippen LogP contribution in [-0.4, -0.2) is 39.5 Å². The topological polar surface area (TPSA) is 30.5 Å². The van der Waals surface area contributed by atoms with Crippen molar-refractivity contribution in [3.8, 4) is 0 Å². The Kier molecular flexibility index (Phi) is 10.3. The number of methoxy groups -OCH3 is 1. The van der Waals surface area contributed by atoms with Crippen molar-refractivity contribution in [3.05, 3.63) is 0 Å². The molecule has 0 aliphatic carbocycles. The van der Waals surface area contributed by atoms with E-state index in [-0.39, 0.29) is 0 Å². The zero-order valence-electron chi connectivity index (χ0n) is 10.7. The van der Waals surface area contributed by atoms with E-state index >= 15 is 0 Å². The minimum absolute atomic E-state index is 0.562. The lowest BCUT2D eigenvalue weighted by molar-refractivity contribution is 0.141. The fraction of sp³-hybridized carbons (Fsp3) is 1.00. The van der Waals surface area contributed by atoms with Gasteiger partial charge in [0.1, 0.15) is 0 Å². The van der Waals surface area contributed by atoms with E-state index < -0.39 is 0 Å². The molecule has 1 atom stereocenters. The highest BCUT2D eigenvalue weighted by Crippen LogP contribution is 2.05. The van der Waals surface area contributed by atoms with Gasteiger partial charge in [-0.3, -0.25) is 0 Å². The number of hydrogen-bond acceptors (Lipinski definition) is 3. The van der Waals surface area contributed by atoms with Crippen LogP contribution in [0.4, 0.5) is 0 Å². The minimum Gasteiger partial charge on any atom is -0.385 e. The zero-order valence-corrected chi connectivity index (χ0v) is 10.7. The Hall–Kier alpha value is -0.120. The van der Waals surface area contributed by atoms with Crippen LogP contribution in [0, 0.1) is 5.92 Å². The van der Waals surface area contributed by atoms with Gasteiger partial charge in [-0.25, -0.2) is 0 Å². The van der Waals surface area contributed by atoms with Gasteiger partial charge in [0, 0.05) is 33.0 Å². The van der Waals surface area contributed by atoms with Gasteiger partial charge in [-0.1, -0.05) is 13.8 Å². The van der Waals surface area contributed by atoms with Gasteiger partial charge in [-0.05, 0) is 32.2 Å². The minimum atomic E-state index is 0.562. The average Bonchev–Trinajstić information content (AvgIpc) is 2.21. The molecule has 3 nitrogen and oxygen atoms in total. The lowest BCUT2D eigenvalue weighted by Crippen LogP contribution is -2.35. The lowest BCUT2D eigenvalue weighted by atomic mass is 10.0. The second kappa shape index (κ2) is 10.4. The van der Waals surface area contributed by atoms with Crippen LogP contribution in [0.2, 0.25) is 0 Å². The summed E-state index contributed by atoms with van der Waals surface area (Å²) in [6, 6.07) is 0.562. The van der Waals surface area contributed by atoms with Crippen LogP contribution in [0.5, 0.6) is 0 Å². The molecule has 1 unspecified atom stereocenters. The average molecular weight is 217 g/mol. The zero-order chi connectivity index (χ0) is 11.5. The number of nitrogens with one attached hydrogen (secondary N) is 1. The van der Waals surface area contributed by atoms with E-state index in [1.54, 1.807) is 7.11 Å². The molecule has 0 aliphatic rings. The maximum Gasteiger partial charge on any atom is 0.0477 e. The van der Waals surface area contributed by atoms with Crippen molar-refractivity contribution in [2.75, 3.05) is 33.5 Å². The summed E-state index contributed by atoms with van der Waals surface area (Å²) in [6.07, 6.45) is 2.17. The Bertz CT molecular complexity index is 129. The van der Waals surface area contributed by atoms with Crippen LogP contribution in [0.3, 0.4) is 0 Å². The normalized spacial score (nSPS) is 13.4. The summed E-state index contributed by atoms with van der Waals surface area (Å²) in [5, 5.41) is 3.55. The molecular formula is C12H27NO2. The van der Waals surface area contributed by atoms with E-state index in [0.717, 1.165) is 39.2 Å². The molecule has 15 heavy (non-hydrogen) atoms. The second-order valence-electron chi connectivity index (χ2n) is 4.14. The number of ether oxygens (including phenoxy) is 2. The van der Waals surface area contributed by atoms with E-state index in [9.17, 15) is 0 Å². The molecule has 0 spiro atoms. The predicted octanol–water partition coefficient (Wildman–Crippen LogP) is 2.06. The van der Waals surface area contributed by atoms with Crippen LogP contribution >= 0.6 is 0 Å². The number of hydrogen-bond donors (Lipinski definition) is 1. The molecule has 0 saturated heterocycles. The summed E-state index contributed by atoms with van der Waals surface area (Å²) in [5.41, 5.74) is 0. The molecular weight excluding hydrogens is 190 g/mol. The molecule has 3 heteroatoms. The summed E-state index contributed by atoms with van der Waals surface area (Å²) < 4.78 is 10.4. The largest absolute Gasteiger partial charge is 0.385 e. The first kappa shape index (κ1) is 14.9. The van der Waals surface area contributed by atoms with Crippen LogP contribution < -0.4 is 5.32 Å². The first-order chi connectivity index (χ1) is 7.22. The Labute approximate surface area is 94.5 Å². The Morgan fingerprint density at radius 1 is 1.20 bits per heavy atom. The first-order valence-corrected chi connectivity index (χ1v) is 6.02. The predicted molar refractivity (Wildman–Crippen MR) is 64.2 cm³/mol. The third-order valence-electron chi connectivity index (χ3n) is 2.51. The van der Waals surface area contributed by atoms with Gasteiger partial charge in [0.2, 0.25) is 0 Å². The van der Waals surface area contributed by atoms with E-state index in [4.69, 9.17) is 9.47 Å². The van der Waals surface area contributed by atoms with Gasteiger partial charge in [0.05, 0.1) is 0 Å².